The molecule has 6 rings (SSSR count). The van der Waals surface area contributed by atoms with Crippen molar-refractivity contribution in [2.75, 3.05) is 10.6 Å². The number of aliphatic hydroxyl groups excluding tert-OH is 1. The van der Waals surface area contributed by atoms with E-state index in [2.05, 4.69) is 20.6 Å². The van der Waals surface area contributed by atoms with Crippen LogP contribution in [0.15, 0.2) is 122 Å². The lowest BCUT2D eigenvalue weighted by Gasteiger charge is -2.14. The molecule has 0 aliphatic rings. The summed E-state index contributed by atoms with van der Waals surface area (Å²) in [5.74, 6) is -0.944. The maximum absolute atomic E-state index is 12.6. The first-order valence-corrected chi connectivity index (χ1v) is 18.9. The number of aromatic nitrogens is 2. The second kappa shape index (κ2) is 18.7. The Balaban J connectivity index is 0.000000201. The van der Waals surface area contributed by atoms with Gasteiger partial charge in [-0.1, -0.05) is 151 Å². The molecule has 0 saturated heterocycles. The second-order valence-electron chi connectivity index (χ2n) is 11.6. The number of amides is 2. The van der Waals surface area contributed by atoms with Crippen LogP contribution >= 0.6 is 45.9 Å². The average molecular weight is 772 g/mol. The minimum atomic E-state index is -0.872. The van der Waals surface area contributed by atoms with Crippen LogP contribution in [0.2, 0.25) is 10.0 Å². The monoisotopic (exact) mass is 770 g/mol. The van der Waals surface area contributed by atoms with Crippen molar-refractivity contribution in [1.29, 1.82) is 0 Å². The number of anilines is 2. The Labute approximate surface area is 320 Å². The molecule has 8 nitrogen and oxygen atoms in total. The number of nitrogens with one attached hydrogen (secondary N) is 2. The number of hydrogen-bond acceptors (Lipinski definition) is 8. The summed E-state index contributed by atoms with van der Waals surface area (Å²) in [6, 6.07) is 33.3. The van der Waals surface area contributed by atoms with Gasteiger partial charge in [0.2, 0.25) is 17.6 Å². The topological polar surface area (TPSA) is 121 Å². The summed E-state index contributed by atoms with van der Waals surface area (Å²) < 4.78 is 0. The summed E-state index contributed by atoms with van der Waals surface area (Å²) in [6.07, 6.45) is 3.53. The van der Waals surface area contributed by atoms with Crippen LogP contribution < -0.4 is 10.6 Å². The van der Waals surface area contributed by atoms with Crippen LogP contribution in [0.25, 0.3) is 0 Å². The zero-order chi connectivity index (χ0) is 37.0. The summed E-state index contributed by atoms with van der Waals surface area (Å²) >= 11 is 14.6. The molecule has 3 unspecified atom stereocenters. The van der Waals surface area contributed by atoms with Gasteiger partial charge in [0.15, 0.2) is 10.3 Å². The predicted octanol–water partition coefficient (Wildman–Crippen LogP) is 10.2. The predicted molar refractivity (Wildman–Crippen MR) is 211 cm³/mol. The number of nitrogens with zero attached hydrogens (tertiary/aromatic N) is 2. The third-order valence-electron chi connectivity index (χ3n) is 8.15. The lowest BCUT2D eigenvalue weighted by Crippen LogP contribution is -2.20. The van der Waals surface area contributed by atoms with E-state index >= 15 is 0 Å². The van der Waals surface area contributed by atoms with Crippen LogP contribution in [0.1, 0.15) is 81.4 Å². The molecule has 2 amide bonds. The zero-order valence-electron chi connectivity index (χ0n) is 28.3. The summed E-state index contributed by atoms with van der Waals surface area (Å²) in [5, 5.41) is 18.0. The van der Waals surface area contributed by atoms with Gasteiger partial charge in [0.05, 0.1) is 32.8 Å². The molecule has 2 aromatic heterocycles. The number of halogens is 2. The molecule has 3 atom stereocenters. The highest BCUT2D eigenvalue weighted by atomic mass is 35.5. The van der Waals surface area contributed by atoms with Gasteiger partial charge in [-0.25, -0.2) is 9.97 Å². The molecule has 0 fully saturated rings. The van der Waals surface area contributed by atoms with Crippen LogP contribution in [0.3, 0.4) is 0 Å². The normalized spacial score (nSPS) is 12.5. The van der Waals surface area contributed by atoms with Gasteiger partial charge in [0.1, 0.15) is 6.10 Å². The molecule has 52 heavy (non-hydrogen) atoms. The van der Waals surface area contributed by atoms with Crippen LogP contribution in [0.4, 0.5) is 10.3 Å². The van der Waals surface area contributed by atoms with Crippen LogP contribution in [-0.4, -0.2) is 32.7 Å². The van der Waals surface area contributed by atoms with E-state index in [1.807, 2.05) is 86.6 Å². The zero-order valence-corrected chi connectivity index (χ0v) is 31.5. The number of rotatable bonds is 12. The first kappa shape index (κ1) is 38.5. The van der Waals surface area contributed by atoms with Crippen LogP contribution in [-0.2, 0) is 9.59 Å². The molecule has 2 heterocycles. The van der Waals surface area contributed by atoms with Gasteiger partial charge < -0.3 is 15.7 Å². The molecule has 12 heteroatoms. The van der Waals surface area contributed by atoms with E-state index in [0.717, 1.165) is 22.5 Å². The van der Waals surface area contributed by atoms with Gasteiger partial charge in [-0.05, 0) is 42.2 Å². The smallest absolute Gasteiger partial charge is 0.233 e. The van der Waals surface area contributed by atoms with Crippen molar-refractivity contribution >= 4 is 73.7 Å². The molecule has 0 aliphatic carbocycles. The highest BCUT2D eigenvalue weighted by molar-refractivity contribution is 7.17. The van der Waals surface area contributed by atoms with Gasteiger partial charge in [-0.15, -0.1) is 0 Å². The van der Waals surface area contributed by atoms with Crippen molar-refractivity contribution in [3.8, 4) is 0 Å². The Hall–Kier alpha value is -4.71. The number of benzene rings is 4. The maximum atomic E-state index is 12.6. The van der Waals surface area contributed by atoms with E-state index < -0.39 is 6.10 Å². The molecule has 0 radical (unpaired) electrons. The fraction of sp³-hybridized carbons (Fsp3) is 0.175. The molecular formula is C40H36Cl2N4O4S2. The number of carbonyl (C=O) groups excluding carboxylic acids is 3. The fourth-order valence-electron chi connectivity index (χ4n) is 5.44. The minimum absolute atomic E-state index is 0.105. The van der Waals surface area contributed by atoms with E-state index in [4.69, 9.17) is 23.2 Å². The molecular weight excluding hydrogens is 736 g/mol. The molecule has 6 aromatic rings. The van der Waals surface area contributed by atoms with E-state index in [9.17, 15) is 19.5 Å². The van der Waals surface area contributed by atoms with Crippen molar-refractivity contribution in [3.63, 3.8) is 0 Å². The van der Waals surface area contributed by atoms with Crippen LogP contribution in [0, 0.1) is 0 Å². The molecule has 0 aliphatic heterocycles. The minimum Gasteiger partial charge on any atom is -0.383 e. The van der Waals surface area contributed by atoms with Gasteiger partial charge in [0.25, 0.3) is 0 Å². The van der Waals surface area contributed by atoms with Crippen molar-refractivity contribution in [1.82, 2.24) is 9.97 Å². The number of aliphatic hydroxyl groups is 1. The Morgan fingerprint density at radius 1 is 0.654 bits per heavy atom. The first-order valence-electron chi connectivity index (χ1n) is 16.5. The molecule has 0 saturated carbocycles. The Morgan fingerprint density at radius 2 is 1.13 bits per heavy atom. The van der Waals surface area contributed by atoms with Crippen molar-refractivity contribution in [3.05, 3.63) is 164 Å². The molecule has 4 aromatic carbocycles. The van der Waals surface area contributed by atoms with E-state index in [-0.39, 0.29) is 29.4 Å². The standard InChI is InChI=1S/C20H19ClN2O2S.C20H17ClN2O2S/c2*1-2-14(13-8-4-3-5-9-13)19(25)23-20-22-12-17(26-20)18(24)15-10-6-7-11-16(15)21/h3-12,14,18,24H,2H2,1H3,(H,22,23,25);3-12,14H,2H2,1H3,(H,22,23,25). The lowest BCUT2D eigenvalue weighted by molar-refractivity contribution is -0.118. The second-order valence-corrected chi connectivity index (χ2v) is 14.5. The number of carbonyl (C=O) groups is 3. The maximum Gasteiger partial charge on any atom is 0.233 e. The van der Waals surface area contributed by atoms with Crippen molar-refractivity contribution in [2.45, 2.75) is 44.6 Å². The quantitative estimate of drug-likeness (QED) is 0.107. The van der Waals surface area contributed by atoms with Crippen LogP contribution in [0.5, 0.6) is 0 Å². The number of hydrogen-bond donors (Lipinski definition) is 3. The molecule has 0 spiro atoms. The summed E-state index contributed by atoms with van der Waals surface area (Å²) in [5.41, 5.74) is 2.97. The summed E-state index contributed by atoms with van der Waals surface area (Å²) in [7, 11) is 0. The Bertz CT molecular complexity index is 2110. The Kier molecular flexibility index (Phi) is 13.8. The van der Waals surface area contributed by atoms with Gasteiger partial charge in [-0.3, -0.25) is 14.4 Å². The van der Waals surface area contributed by atoms with Crippen molar-refractivity contribution < 1.29 is 19.5 Å². The highest BCUT2D eigenvalue weighted by Gasteiger charge is 2.23. The van der Waals surface area contributed by atoms with Gasteiger partial charge in [-0.2, -0.15) is 0 Å². The SMILES string of the molecule is CCC(C(=O)Nc1ncc(C(=O)c2ccccc2Cl)s1)c1ccccc1.CCC(C(=O)Nc1ncc(C(O)c2ccccc2Cl)s1)c1ccccc1. The van der Waals surface area contributed by atoms with E-state index in [0.29, 0.717) is 54.0 Å². The summed E-state index contributed by atoms with van der Waals surface area (Å²) in [4.78, 5) is 47.2. The number of thiazole rings is 2. The third-order valence-corrected chi connectivity index (χ3v) is 10.7. The fourth-order valence-corrected chi connectivity index (χ4v) is 7.49. The van der Waals surface area contributed by atoms with Crippen molar-refractivity contribution in [2.24, 2.45) is 0 Å². The largest absolute Gasteiger partial charge is 0.383 e. The molecule has 3 N–H and O–H groups in total. The Morgan fingerprint density at radius 3 is 1.67 bits per heavy atom. The average Bonchev–Trinajstić information content (AvgIpc) is 3.83. The molecule has 266 valence electrons. The highest BCUT2D eigenvalue weighted by Crippen LogP contribution is 2.33. The van der Waals surface area contributed by atoms with E-state index in [1.54, 1.807) is 42.6 Å². The van der Waals surface area contributed by atoms with Gasteiger partial charge >= 0.3 is 0 Å². The molecule has 0 bridgehead atoms. The van der Waals surface area contributed by atoms with E-state index in [1.165, 1.54) is 17.5 Å². The third kappa shape index (κ3) is 9.78. The van der Waals surface area contributed by atoms with Gasteiger partial charge in [0, 0.05) is 22.3 Å². The number of ketones is 1. The first-order chi connectivity index (χ1) is 25.2. The summed E-state index contributed by atoms with van der Waals surface area (Å²) in [6.45, 7) is 3.94. The lowest BCUT2D eigenvalue weighted by atomic mass is 9.96.